The number of carbonyl (C=O) groups excluding carboxylic acids is 1. The normalized spacial score (nSPS) is 17.5. The maximum Gasteiger partial charge on any atom is 0.417 e. The Morgan fingerprint density at radius 1 is 1.39 bits per heavy atom. The molecule has 3 rings (SSSR count). The largest absolute Gasteiger partial charge is 0.462 e. The molecule has 0 bridgehead atoms. The van der Waals surface area contributed by atoms with E-state index in [0.717, 1.165) is 6.07 Å². The third-order valence-electron chi connectivity index (χ3n) is 4.08. The van der Waals surface area contributed by atoms with Crippen LogP contribution >= 0.6 is 11.6 Å². The highest BCUT2D eigenvalue weighted by Crippen LogP contribution is 2.39. The van der Waals surface area contributed by atoms with Crippen LogP contribution in [0.15, 0.2) is 24.4 Å². The van der Waals surface area contributed by atoms with Crippen LogP contribution in [0, 0.1) is 0 Å². The molecule has 2 aromatic rings. The predicted molar refractivity (Wildman–Crippen MR) is 94.2 cm³/mol. The molecule has 0 radical (unpaired) electrons. The van der Waals surface area contributed by atoms with Gasteiger partial charge in [-0.2, -0.15) is 18.3 Å². The Labute approximate surface area is 164 Å². The van der Waals surface area contributed by atoms with Crippen LogP contribution in [-0.2, 0) is 26.9 Å². The first-order chi connectivity index (χ1) is 13.3. The van der Waals surface area contributed by atoms with Crippen LogP contribution in [0.4, 0.5) is 13.2 Å². The van der Waals surface area contributed by atoms with E-state index in [1.807, 2.05) is 0 Å². The van der Waals surface area contributed by atoms with Gasteiger partial charge in [0.15, 0.2) is 0 Å². The maximum atomic E-state index is 13.6. The van der Waals surface area contributed by atoms with Gasteiger partial charge in [-0.1, -0.05) is 17.7 Å². The molecule has 6 nitrogen and oxygen atoms in total. The van der Waals surface area contributed by atoms with E-state index in [1.54, 1.807) is 6.92 Å². The van der Waals surface area contributed by atoms with Crippen LogP contribution < -0.4 is 0 Å². The summed E-state index contributed by atoms with van der Waals surface area (Å²) in [5, 5.41) is 4.25. The fraction of sp³-hybridized carbons (Fsp3) is 0.444. The summed E-state index contributed by atoms with van der Waals surface area (Å²) >= 11 is 6.16. The van der Waals surface area contributed by atoms with Crippen LogP contribution in [0.1, 0.15) is 22.8 Å². The minimum atomic E-state index is -4.70. The minimum absolute atomic E-state index is 0.0267. The van der Waals surface area contributed by atoms with Crippen molar-refractivity contribution in [2.75, 3.05) is 26.4 Å². The molecule has 1 aliphatic rings. The van der Waals surface area contributed by atoms with E-state index in [-0.39, 0.29) is 34.6 Å². The molecule has 10 heteroatoms. The first kappa shape index (κ1) is 20.6. The summed E-state index contributed by atoms with van der Waals surface area (Å²) in [5.74, 6) is -0.828. The first-order valence-corrected chi connectivity index (χ1v) is 8.98. The quantitative estimate of drug-likeness (QED) is 0.691. The van der Waals surface area contributed by atoms with Gasteiger partial charge in [0.05, 0.1) is 49.1 Å². The SMILES string of the molecule is CCOC(=O)c1ccc(-c2nn(C[C@H]3COCCO3)cc2Cl)c(C(F)(F)F)c1. The second-order valence-corrected chi connectivity index (χ2v) is 6.50. The number of rotatable bonds is 5. The molecule has 0 N–H and O–H groups in total. The van der Waals surface area contributed by atoms with E-state index >= 15 is 0 Å². The average Bonchev–Trinajstić information content (AvgIpc) is 3.01. The van der Waals surface area contributed by atoms with Gasteiger partial charge < -0.3 is 14.2 Å². The van der Waals surface area contributed by atoms with Crippen molar-refractivity contribution < 1.29 is 32.2 Å². The summed E-state index contributed by atoms with van der Waals surface area (Å²) in [5.41, 5.74) is -1.45. The Hall–Kier alpha value is -2.10. The molecular weight excluding hydrogens is 401 g/mol. The lowest BCUT2D eigenvalue weighted by molar-refractivity contribution is -0.137. The lowest BCUT2D eigenvalue weighted by Gasteiger charge is -2.22. The maximum absolute atomic E-state index is 13.6. The molecule has 1 saturated heterocycles. The highest BCUT2D eigenvalue weighted by atomic mass is 35.5. The number of esters is 1. The molecule has 0 unspecified atom stereocenters. The summed E-state index contributed by atoms with van der Waals surface area (Å²) in [7, 11) is 0. The van der Waals surface area contributed by atoms with Crippen LogP contribution in [0.3, 0.4) is 0 Å². The lowest BCUT2D eigenvalue weighted by Crippen LogP contribution is -2.32. The minimum Gasteiger partial charge on any atom is -0.462 e. The van der Waals surface area contributed by atoms with Crippen molar-refractivity contribution in [1.82, 2.24) is 9.78 Å². The zero-order valence-corrected chi connectivity index (χ0v) is 15.7. The molecule has 2 heterocycles. The van der Waals surface area contributed by atoms with Gasteiger partial charge in [0.1, 0.15) is 11.8 Å². The monoisotopic (exact) mass is 418 g/mol. The lowest BCUT2D eigenvalue weighted by atomic mass is 10.0. The van der Waals surface area contributed by atoms with E-state index in [1.165, 1.54) is 23.0 Å². The summed E-state index contributed by atoms with van der Waals surface area (Å²) in [6.45, 7) is 3.25. The smallest absolute Gasteiger partial charge is 0.417 e. The van der Waals surface area contributed by atoms with E-state index in [2.05, 4.69) is 5.10 Å². The third kappa shape index (κ3) is 4.65. The number of alkyl halides is 3. The van der Waals surface area contributed by atoms with E-state index in [4.69, 9.17) is 25.8 Å². The Balaban J connectivity index is 1.94. The number of ether oxygens (including phenoxy) is 3. The van der Waals surface area contributed by atoms with Crippen molar-refractivity contribution in [3.63, 3.8) is 0 Å². The standard InChI is InChI=1S/C18H18ClF3N2O4/c1-2-27-17(25)11-3-4-13(14(7-11)18(20,21)22)16-15(19)9-24(23-16)8-12-10-26-5-6-28-12/h3-4,7,9,12H,2,5-6,8,10H2,1H3/t12-/m0/s1. The number of halogens is 4. The second-order valence-electron chi connectivity index (χ2n) is 6.09. The fourth-order valence-corrected chi connectivity index (χ4v) is 3.10. The van der Waals surface area contributed by atoms with E-state index < -0.39 is 17.7 Å². The van der Waals surface area contributed by atoms with Crippen LogP contribution in [0.5, 0.6) is 0 Å². The van der Waals surface area contributed by atoms with Gasteiger partial charge in [0, 0.05) is 11.8 Å². The van der Waals surface area contributed by atoms with Crippen molar-refractivity contribution in [2.24, 2.45) is 0 Å². The molecule has 0 aliphatic carbocycles. The Kier molecular flexibility index (Phi) is 6.26. The van der Waals surface area contributed by atoms with Gasteiger partial charge in [-0.15, -0.1) is 0 Å². The van der Waals surface area contributed by atoms with Crippen molar-refractivity contribution in [3.8, 4) is 11.3 Å². The molecule has 1 aliphatic heterocycles. The van der Waals surface area contributed by atoms with Crippen molar-refractivity contribution in [2.45, 2.75) is 25.7 Å². The number of carbonyl (C=O) groups is 1. The third-order valence-corrected chi connectivity index (χ3v) is 4.36. The summed E-state index contributed by atoms with van der Waals surface area (Å²) in [4.78, 5) is 11.8. The van der Waals surface area contributed by atoms with Crippen LogP contribution in [-0.4, -0.2) is 48.3 Å². The Morgan fingerprint density at radius 2 is 2.18 bits per heavy atom. The summed E-state index contributed by atoms with van der Waals surface area (Å²) < 4.78 is 57.9. The molecular formula is C18H18ClF3N2O4. The topological polar surface area (TPSA) is 62.6 Å². The van der Waals surface area contributed by atoms with E-state index in [9.17, 15) is 18.0 Å². The first-order valence-electron chi connectivity index (χ1n) is 8.60. The molecule has 0 amide bonds. The Bertz CT molecular complexity index is 848. The molecule has 0 spiro atoms. The van der Waals surface area contributed by atoms with Gasteiger partial charge >= 0.3 is 12.1 Å². The van der Waals surface area contributed by atoms with Gasteiger partial charge in [0.2, 0.25) is 0 Å². The number of hydrogen-bond donors (Lipinski definition) is 0. The van der Waals surface area contributed by atoms with Crippen molar-refractivity contribution >= 4 is 17.6 Å². The molecule has 0 saturated carbocycles. The number of benzene rings is 1. The number of nitrogens with zero attached hydrogens (tertiary/aromatic N) is 2. The number of aromatic nitrogens is 2. The van der Waals surface area contributed by atoms with Gasteiger partial charge in [-0.25, -0.2) is 4.79 Å². The highest BCUT2D eigenvalue weighted by molar-refractivity contribution is 6.33. The van der Waals surface area contributed by atoms with Crippen molar-refractivity contribution in [3.05, 3.63) is 40.5 Å². The number of hydrogen-bond acceptors (Lipinski definition) is 5. The van der Waals surface area contributed by atoms with E-state index in [0.29, 0.717) is 26.4 Å². The second kappa shape index (κ2) is 8.50. The zero-order chi connectivity index (χ0) is 20.3. The van der Waals surface area contributed by atoms with Crippen LogP contribution in [0.25, 0.3) is 11.3 Å². The zero-order valence-electron chi connectivity index (χ0n) is 15.0. The Morgan fingerprint density at radius 3 is 2.82 bits per heavy atom. The molecule has 1 aromatic carbocycles. The van der Waals surface area contributed by atoms with Gasteiger partial charge in [-0.3, -0.25) is 4.68 Å². The average molecular weight is 419 g/mol. The predicted octanol–water partition coefficient (Wildman–Crippen LogP) is 3.81. The summed E-state index contributed by atoms with van der Waals surface area (Å²) in [6.07, 6.45) is -3.52. The summed E-state index contributed by atoms with van der Waals surface area (Å²) in [6, 6.07) is 3.19. The highest BCUT2D eigenvalue weighted by Gasteiger charge is 2.36. The molecule has 152 valence electrons. The molecule has 1 atom stereocenters. The molecule has 28 heavy (non-hydrogen) atoms. The van der Waals surface area contributed by atoms with Crippen molar-refractivity contribution in [1.29, 1.82) is 0 Å². The fourth-order valence-electron chi connectivity index (χ4n) is 2.85. The molecule has 1 aromatic heterocycles. The van der Waals surface area contributed by atoms with Gasteiger partial charge in [0.25, 0.3) is 0 Å². The van der Waals surface area contributed by atoms with Crippen LogP contribution in [0.2, 0.25) is 5.02 Å². The van der Waals surface area contributed by atoms with Gasteiger partial charge in [-0.05, 0) is 19.1 Å². The molecule has 1 fully saturated rings.